The summed E-state index contributed by atoms with van der Waals surface area (Å²) in [5, 5.41) is 3.38. The molecule has 21 heavy (non-hydrogen) atoms. The topological polar surface area (TPSA) is 21.3 Å². The maximum atomic E-state index is 13.6. The Labute approximate surface area is 126 Å². The van der Waals surface area contributed by atoms with E-state index >= 15 is 0 Å². The number of rotatable bonds is 5. The molecule has 2 rings (SSSR count). The summed E-state index contributed by atoms with van der Waals surface area (Å²) in [4.78, 5) is 0. The second-order valence-electron chi connectivity index (χ2n) is 5.66. The average Bonchev–Trinajstić information content (AvgIpc) is 2.43. The van der Waals surface area contributed by atoms with Gasteiger partial charge in [0.1, 0.15) is 17.3 Å². The van der Waals surface area contributed by atoms with Crippen LogP contribution >= 0.6 is 0 Å². The predicted molar refractivity (Wildman–Crippen MR) is 84.4 cm³/mol. The molecule has 0 bridgehead atoms. The highest BCUT2D eigenvalue weighted by molar-refractivity contribution is 5.41. The Balaban J connectivity index is 2.23. The third-order valence-electron chi connectivity index (χ3n) is 3.29. The van der Waals surface area contributed by atoms with Crippen molar-refractivity contribution >= 4 is 0 Å². The molecule has 0 spiro atoms. The number of nitrogens with one attached hydrogen (secondary N) is 1. The first kappa shape index (κ1) is 15.5. The molecule has 2 nitrogen and oxygen atoms in total. The minimum atomic E-state index is -0.249. The minimum absolute atomic E-state index is 0.249. The third-order valence-corrected chi connectivity index (χ3v) is 3.29. The molecule has 1 N–H and O–H groups in total. The van der Waals surface area contributed by atoms with E-state index in [2.05, 4.69) is 25.2 Å². The van der Waals surface area contributed by atoms with Crippen LogP contribution in [0.1, 0.15) is 30.5 Å². The lowest BCUT2D eigenvalue weighted by molar-refractivity contribution is 0.464. The molecule has 0 saturated carbocycles. The summed E-state index contributed by atoms with van der Waals surface area (Å²) in [7, 11) is 0. The summed E-state index contributed by atoms with van der Waals surface area (Å²) in [6.07, 6.45) is 0. The van der Waals surface area contributed by atoms with Gasteiger partial charge in [0.25, 0.3) is 0 Å². The monoisotopic (exact) mass is 287 g/mol. The van der Waals surface area contributed by atoms with E-state index in [0.717, 1.165) is 17.9 Å². The second kappa shape index (κ2) is 6.72. The highest BCUT2D eigenvalue weighted by atomic mass is 19.1. The van der Waals surface area contributed by atoms with E-state index in [1.807, 2.05) is 19.1 Å². The van der Waals surface area contributed by atoms with Gasteiger partial charge in [-0.15, -0.1) is 0 Å². The molecular formula is C18H22FNO. The zero-order valence-corrected chi connectivity index (χ0v) is 13.0. The average molecular weight is 287 g/mol. The van der Waals surface area contributed by atoms with Crippen LogP contribution < -0.4 is 10.1 Å². The summed E-state index contributed by atoms with van der Waals surface area (Å²) in [6.45, 7) is 8.72. The molecule has 0 amide bonds. The molecule has 0 aromatic heterocycles. The fourth-order valence-electron chi connectivity index (χ4n) is 2.02. The lowest BCUT2D eigenvalue weighted by Gasteiger charge is -2.14. The Morgan fingerprint density at radius 3 is 2.52 bits per heavy atom. The van der Waals surface area contributed by atoms with Gasteiger partial charge in [-0.2, -0.15) is 0 Å². The lowest BCUT2D eigenvalue weighted by atomic mass is 10.1. The zero-order valence-electron chi connectivity index (χ0n) is 13.0. The van der Waals surface area contributed by atoms with Crippen molar-refractivity contribution in [2.45, 2.75) is 40.3 Å². The van der Waals surface area contributed by atoms with E-state index in [-0.39, 0.29) is 5.82 Å². The number of ether oxygens (including phenoxy) is 1. The molecule has 0 radical (unpaired) electrons. The van der Waals surface area contributed by atoms with Crippen molar-refractivity contribution in [2.24, 2.45) is 0 Å². The van der Waals surface area contributed by atoms with Gasteiger partial charge in [0.2, 0.25) is 0 Å². The van der Waals surface area contributed by atoms with E-state index in [1.54, 1.807) is 19.1 Å². The van der Waals surface area contributed by atoms with E-state index in [0.29, 0.717) is 17.4 Å². The molecule has 2 aromatic carbocycles. The molecule has 0 saturated heterocycles. The standard InChI is InChI=1S/C18H22FNO/c1-12(2)20-11-15-9-13(3)5-8-18(15)21-16-7-6-14(4)17(19)10-16/h5-10,12,20H,11H2,1-4H3. The van der Waals surface area contributed by atoms with Crippen LogP contribution in [-0.4, -0.2) is 6.04 Å². The van der Waals surface area contributed by atoms with Gasteiger partial charge in [0, 0.05) is 24.2 Å². The highest BCUT2D eigenvalue weighted by Crippen LogP contribution is 2.27. The third kappa shape index (κ3) is 4.30. The van der Waals surface area contributed by atoms with E-state index < -0.39 is 0 Å². The van der Waals surface area contributed by atoms with E-state index in [4.69, 9.17) is 4.74 Å². The number of hydrogen-bond acceptors (Lipinski definition) is 2. The van der Waals surface area contributed by atoms with Gasteiger partial charge in [-0.1, -0.05) is 37.6 Å². The first-order valence-electron chi connectivity index (χ1n) is 7.22. The molecule has 3 heteroatoms. The molecule has 0 aliphatic heterocycles. The van der Waals surface area contributed by atoms with Crippen LogP contribution in [0.25, 0.3) is 0 Å². The SMILES string of the molecule is Cc1ccc(Oc2ccc(C)c(F)c2)c(CNC(C)C)c1. The molecule has 112 valence electrons. The molecule has 0 aliphatic rings. The normalized spacial score (nSPS) is 11.0. The molecule has 0 unspecified atom stereocenters. The smallest absolute Gasteiger partial charge is 0.131 e. The van der Waals surface area contributed by atoms with Crippen molar-refractivity contribution in [2.75, 3.05) is 0 Å². The van der Waals surface area contributed by atoms with Gasteiger partial charge in [-0.05, 0) is 31.5 Å². The summed E-state index contributed by atoms with van der Waals surface area (Å²) in [5.41, 5.74) is 2.87. The Kier molecular flexibility index (Phi) is 4.97. The van der Waals surface area contributed by atoms with Crippen molar-refractivity contribution < 1.29 is 9.13 Å². The van der Waals surface area contributed by atoms with Gasteiger partial charge in [0.15, 0.2) is 0 Å². The van der Waals surface area contributed by atoms with Gasteiger partial charge in [-0.25, -0.2) is 4.39 Å². The summed E-state index contributed by atoms with van der Waals surface area (Å²) in [6, 6.07) is 11.4. The lowest BCUT2D eigenvalue weighted by Crippen LogP contribution is -2.22. The molecule has 0 atom stereocenters. The van der Waals surface area contributed by atoms with Crippen molar-refractivity contribution in [1.82, 2.24) is 5.32 Å². The number of halogens is 1. The van der Waals surface area contributed by atoms with E-state index in [9.17, 15) is 4.39 Å². The van der Waals surface area contributed by atoms with Gasteiger partial charge >= 0.3 is 0 Å². The Bertz CT molecular complexity index is 623. The first-order valence-corrected chi connectivity index (χ1v) is 7.22. The summed E-state index contributed by atoms with van der Waals surface area (Å²) >= 11 is 0. The van der Waals surface area contributed by atoms with Crippen LogP contribution in [-0.2, 0) is 6.54 Å². The fraction of sp³-hybridized carbons (Fsp3) is 0.333. The van der Waals surface area contributed by atoms with Gasteiger partial charge in [-0.3, -0.25) is 0 Å². The summed E-state index contributed by atoms with van der Waals surface area (Å²) in [5.74, 6) is 1.03. The van der Waals surface area contributed by atoms with Crippen LogP contribution in [0.15, 0.2) is 36.4 Å². The minimum Gasteiger partial charge on any atom is -0.457 e. The first-order chi connectivity index (χ1) is 9.95. The van der Waals surface area contributed by atoms with Crippen LogP contribution in [0.5, 0.6) is 11.5 Å². The molecule has 0 fully saturated rings. The van der Waals surface area contributed by atoms with Gasteiger partial charge < -0.3 is 10.1 Å². The number of benzene rings is 2. The van der Waals surface area contributed by atoms with Crippen molar-refractivity contribution in [3.8, 4) is 11.5 Å². The Morgan fingerprint density at radius 2 is 1.86 bits per heavy atom. The molecule has 0 aliphatic carbocycles. The van der Waals surface area contributed by atoms with E-state index in [1.165, 1.54) is 11.6 Å². The predicted octanol–water partition coefficient (Wildman–Crippen LogP) is 4.73. The Morgan fingerprint density at radius 1 is 1.10 bits per heavy atom. The van der Waals surface area contributed by atoms with Gasteiger partial charge in [0.05, 0.1) is 0 Å². The summed E-state index contributed by atoms with van der Waals surface area (Å²) < 4.78 is 19.5. The highest BCUT2D eigenvalue weighted by Gasteiger charge is 2.08. The fourth-order valence-corrected chi connectivity index (χ4v) is 2.02. The molecule has 2 aromatic rings. The Hall–Kier alpha value is -1.87. The quantitative estimate of drug-likeness (QED) is 0.858. The van der Waals surface area contributed by atoms with Crippen molar-refractivity contribution in [1.29, 1.82) is 0 Å². The number of hydrogen-bond donors (Lipinski definition) is 1. The maximum absolute atomic E-state index is 13.6. The molecule has 0 heterocycles. The van der Waals surface area contributed by atoms with Crippen LogP contribution in [0.4, 0.5) is 4.39 Å². The van der Waals surface area contributed by atoms with Crippen LogP contribution in [0, 0.1) is 19.7 Å². The largest absolute Gasteiger partial charge is 0.457 e. The van der Waals surface area contributed by atoms with Crippen LogP contribution in [0.2, 0.25) is 0 Å². The van der Waals surface area contributed by atoms with Crippen molar-refractivity contribution in [3.63, 3.8) is 0 Å². The maximum Gasteiger partial charge on any atom is 0.131 e. The second-order valence-corrected chi connectivity index (χ2v) is 5.66. The van der Waals surface area contributed by atoms with Crippen molar-refractivity contribution in [3.05, 3.63) is 58.9 Å². The molecular weight excluding hydrogens is 265 g/mol. The zero-order chi connectivity index (χ0) is 15.4. The number of aryl methyl sites for hydroxylation is 2. The van der Waals surface area contributed by atoms with Crippen LogP contribution in [0.3, 0.4) is 0 Å².